The highest BCUT2D eigenvalue weighted by atomic mass is 16.5. The largest absolute Gasteiger partial charge is 0.466 e. The van der Waals surface area contributed by atoms with Crippen LogP contribution in [0.15, 0.2) is 0 Å². The van der Waals surface area contributed by atoms with Gasteiger partial charge < -0.3 is 10.1 Å². The van der Waals surface area contributed by atoms with Gasteiger partial charge in [-0.2, -0.15) is 0 Å². The summed E-state index contributed by atoms with van der Waals surface area (Å²) in [5.41, 5.74) is 0. The van der Waals surface area contributed by atoms with E-state index in [1.807, 2.05) is 0 Å². The molecule has 0 atom stereocenters. The zero-order valence-corrected chi connectivity index (χ0v) is 12.2. The van der Waals surface area contributed by atoms with Gasteiger partial charge in [-0.15, -0.1) is 5.10 Å². The number of tetrazole rings is 1. The Morgan fingerprint density at radius 2 is 2.10 bits per heavy atom. The second-order valence-corrected chi connectivity index (χ2v) is 5.06. The Morgan fingerprint density at radius 3 is 2.81 bits per heavy atom. The predicted octanol–water partition coefficient (Wildman–Crippen LogP) is 0.748. The van der Waals surface area contributed by atoms with Crippen LogP contribution in [0, 0.1) is 0 Å². The molecule has 0 unspecified atom stereocenters. The first kappa shape index (κ1) is 15.4. The van der Waals surface area contributed by atoms with E-state index >= 15 is 0 Å². The zero-order chi connectivity index (χ0) is 15.1. The third-order valence-corrected chi connectivity index (χ3v) is 3.54. The number of ether oxygens (including phenoxy) is 1. The van der Waals surface area contributed by atoms with Crippen molar-refractivity contribution in [2.45, 2.75) is 58.0 Å². The van der Waals surface area contributed by atoms with Crippen LogP contribution < -0.4 is 5.32 Å². The Labute approximate surface area is 123 Å². The Hall–Kier alpha value is -1.99. The molecule has 2 rings (SSSR count). The standard InChI is InChI=1S/C13H21N5O3/c1-2-21-13(20)8-7-12(19)14-9-11-15-16-17-18(11)10-5-3-4-6-10/h10H,2-9H2,1H3,(H,14,19). The Morgan fingerprint density at radius 1 is 1.33 bits per heavy atom. The molecule has 8 heteroatoms. The van der Waals surface area contributed by atoms with Crippen molar-refractivity contribution in [3.8, 4) is 0 Å². The third kappa shape index (κ3) is 4.51. The molecule has 0 spiro atoms. The molecule has 0 saturated heterocycles. The number of amides is 1. The summed E-state index contributed by atoms with van der Waals surface area (Å²) < 4.78 is 6.58. The first-order valence-electron chi connectivity index (χ1n) is 7.39. The summed E-state index contributed by atoms with van der Waals surface area (Å²) in [6.07, 6.45) is 4.74. The maximum atomic E-state index is 11.7. The number of rotatable bonds is 7. The second-order valence-electron chi connectivity index (χ2n) is 5.06. The minimum absolute atomic E-state index is 0.0905. The van der Waals surface area contributed by atoms with E-state index in [2.05, 4.69) is 20.8 Å². The number of carbonyl (C=O) groups is 2. The molecular formula is C13H21N5O3. The van der Waals surface area contributed by atoms with Crippen molar-refractivity contribution in [1.82, 2.24) is 25.5 Å². The van der Waals surface area contributed by atoms with Crippen molar-refractivity contribution in [3.05, 3.63) is 5.82 Å². The van der Waals surface area contributed by atoms with Gasteiger partial charge in [-0.05, 0) is 30.2 Å². The average Bonchev–Trinajstić information content (AvgIpc) is 3.13. The summed E-state index contributed by atoms with van der Waals surface area (Å²) in [5, 5.41) is 14.4. The first-order chi connectivity index (χ1) is 10.2. The van der Waals surface area contributed by atoms with E-state index in [9.17, 15) is 9.59 Å². The molecular weight excluding hydrogens is 274 g/mol. The Kier molecular flexibility index (Phi) is 5.65. The van der Waals surface area contributed by atoms with Gasteiger partial charge in [0.2, 0.25) is 5.91 Å². The van der Waals surface area contributed by atoms with E-state index in [-0.39, 0.29) is 31.3 Å². The molecule has 1 aromatic rings. The van der Waals surface area contributed by atoms with Gasteiger partial charge in [-0.25, -0.2) is 4.68 Å². The molecule has 1 amide bonds. The van der Waals surface area contributed by atoms with Crippen LogP contribution >= 0.6 is 0 Å². The highest BCUT2D eigenvalue weighted by molar-refractivity contribution is 5.81. The summed E-state index contributed by atoms with van der Waals surface area (Å²) in [6.45, 7) is 2.35. The number of hydrogen-bond acceptors (Lipinski definition) is 6. The van der Waals surface area contributed by atoms with Gasteiger partial charge in [-0.3, -0.25) is 9.59 Å². The maximum Gasteiger partial charge on any atom is 0.306 e. The van der Waals surface area contributed by atoms with Crippen LogP contribution in [0.25, 0.3) is 0 Å². The lowest BCUT2D eigenvalue weighted by molar-refractivity contribution is -0.144. The third-order valence-electron chi connectivity index (χ3n) is 3.54. The van der Waals surface area contributed by atoms with Gasteiger partial charge >= 0.3 is 5.97 Å². The molecule has 1 N–H and O–H groups in total. The number of carbonyl (C=O) groups excluding carboxylic acids is 2. The molecule has 0 aromatic carbocycles. The number of nitrogens with zero attached hydrogens (tertiary/aromatic N) is 4. The lowest BCUT2D eigenvalue weighted by Crippen LogP contribution is -2.26. The highest BCUT2D eigenvalue weighted by Crippen LogP contribution is 2.28. The van der Waals surface area contributed by atoms with Gasteiger partial charge in [0, 0.05) is 6.42 Å². The summed E-state index contributed by atoms with van der Waals surface area (Å²) in [7, 11) is 0. The highest BCUT2D eigenvalue weighted by Gasteiger charge is 2.21. The number of aromatic nitrogens is 4. The van der Waals surface area contributed by atoms with Crippen LogP contribution in [0.1, 0.15) is 57.3 Å². The molecule has 1 aliphatic rings. The van der Waals surface area contributed by atoms with Crippen molar-refractivity contribution in [2.24, 2.45) is 0 Å². The quantitative estimate of drug-likeness (QED) is 0.745. The van der Waals surface area contributed by atoms with Crippen LogP contribution in [0.2, 0.25) is 0 Å². The van der Waals surface area contributed by atoms with Gasteiger partial charge in [0.15, 0.2) is 5.82 Å². The molecule has 1 saturated carbocycles. The molecule has 1 aliphatic carbocycles. The van der Waals surface area contributed by atoms with E-state index in [1.165, 1.54) is 12.8 Å². The van der Waals surface area contributed by atoms with Gasteiger partial charge in [0.25, 0.3) is 0 Å². The van der Waals surface area contributed by atoms with E-state index < -0.39 is 0 Å². The lowest BCUT2D eigenvalue weighted by atomic mass is 10.2. The van der Waals surface area contributed by atoms with E-state index in [0.717, 1.165) is 12.8 Å². The molecule has 1 aromatic heterocycles. The van der Waals surface area contributed by atoms with Crippen LogP contribution in [-0.4, -0.2) is 38.7 Å². The molecule has 0 aliphatic heterocycles. The maximum absolute atomic E-state index is 11.7. The SMILES string of the molecule is CCOC(=O)CCC(=O)NCc1nnnn1C1CCCC1. The van der Waals surface area contributed by atoms with E-state index in [1.54, 1.807) is 11.6 Å². The van der Waals surface area contributed by atoms with Crippen molar-refractivity contribution >= 4 is 11.9 Å². The molecule has 1 heterocycles. The average molecular weight is 295 g/mol. The first-order valence-corrected chi connectivity index (χ1v) is 7.39. The predicted molar refractivity (Wildman–Crippen MR) is 73.0 cm³/mol. The molecule has 116 valence electrons. The zero-order valence-electron chi connectivity index (χ0n) is 12.2. The number of hydrogen-bond donors (Lipinski definition) is 1. The molecule has 1 fully saturated rings. The minimum Gasteiger partial charge on any atom is -0.466 e. The fourth-order valence-electron chi connectivity index (χ4n) is 2.48. The fraction of sp³-hybridized carbons (Fsp3) is 0.769. The normalized spacial score (nSPS) is 15.1. The van der Waals surface area contributed by atoms with Crippen LogP contribution in [0.5, 0.6) is 0 Å². The monoisotopic (exact) mass is 295 g/mol. The summed E-state index contributed by atoms with van der Waals surface area (Å²) >= 11 is 0. The Balaban J connectivity index is 1.76. The molecule has 8 nitrogen and oxygen atoms in total. The Bertz CT molecular complexity index is 482. The number of esters is 1. The number of nitrogens with one attached hydrogen (secondary N) is 1. The fourth-order valence-corrected chi connectivity index (χ4v) is 2.48. The van der Waals surface area contributed by atoms with Crippen LogP contribution in [0.3, 0.4) is 0 Å². The summed E-state index contributed by atoms with van der Waals surface area (Å²) in [4.78, 5) is 22.9. The molecule has 0 bridgehead atoms. The van der Waals surface area contributed by atoms with Gasteiger partial charge in [0.1, 0.15) is 0 Å². The second kappa shape index (κ2) is 7.70. The smallest absolute Gasteiger partial charge is 0.306 e. The van der Waals surface area contributed by atoms with Crippen molar-refractivity contribution < 1.29 is 14.3 Å². The summed E-state index contributed by atoms with van der Waals surface area (Å²) in [5.74, 6) is 0.0962. The minimum atomic E-state index is -0.358. The van der Waals surface area contributed by atoms with Crippen LogP contribution in [-0.2, 0) is 20.9 Å². The van der Waals surface area contributed by atoms with E-state index in [0.29, 0.717) is 18.5 Å². The van der Waals surface area contributed by atoms with Crippen molar-refractivity contribution in [2.75, 3.05) is 6.61 Å². The van der Waals surface area contributed by atoms with Crippen molar-refractivity contribution in [1.29, 1.82) is 0 Å². The van der Waals surface area contributed by atoms with Gasteiger partial charge in [0.05, 0.1) is 25.6 Å². The molecule has 0 radical (unpaired) electrons. The lowest BCUT2D eigenvalue weighted by Gasteiger charge is -2.11. The van der Waals surface area contributed by atoms with Gasteiger partial charge in [-0.1, -0.05) is 12.8 Å². The topological polar surface area (TPSA) is 99.0 Å². The van der Waals surface area contributed by atoms with Crippen molar-refractivity contribution in [3.63, 3.8) is 0 Å². The summed E-state index contributed by atoms with van der Waals surface area (Å²) in [6, 6.07) is 0.339. The molecule has 21 heavy (non-hydrogen) atoms. The van der Waals surface area contributed by atoms with E-state index in [4.69, 9.17) is 4.74 Å². The van der Waals surface area contributed by atoms with Crippen LogP contribution in [0.4, 0.5) is 0 Å².